The Morgan fingerprint density at radius 2 is 1.84 bits per heavy atom. The van der Waals surface area contributed by atoms with Gasteiger partial charge in [0.05, 0.1) is 13.0 Å². The first-order valence-corrected chi connectivity index (χ1v) is 8.28. The Labute approximate surface area is 146 Å². The van der Waals surface area contributed by atoms with E-state index in [1.165, 1.54) is 0 Å². The van der Waals surface area contributed by atoms with E-state index < -0.39 is 0 Å². The van der Waals surface area contributed by atoms with Crippen molar-refractivity contribution in [2.45, 2.75) is 12.8 Å². The molecule has 2 aromatic rings. The molecule has 0 bridgehead atoms. The van der Waals surface area contributed by atoms with Crippen molar-refractivity contribution in [3.8, 4) is 23.0 Å². The summed E-state index contributed by atoms with van der Waals surface area (Å²) >= 11 is 0. The van der Waals surface area contributed by atoms with Crippen molar-refractivity contribution in [1.29, 1.82) is 0 Å². The van der Waals surface area contributed by atoms with Gasteiger partial charge in [0.2, 0.25) is 5.91 Å². The van der Waals surface area contributed by atoms with Crippen LogP contribution in [0.5, 0.6) is 23.0 Å². The van der Waals surface area contributed by atoms with E-state index in [0.29, 0.717) is 32.1 Å². The fraction of sp³-hybridized carbons (Fsp3) is 0.316. The molecule has 0 radical (unpaired) electrons. The number of nitrogens with one attached hydrogen (secondary N) is 1. The third-order valence-electron chi connectivity index (χ3n) is 3.78. The van der Waals surface area contributed by atoms with E-state index in [4.69, 9.17) is 14.2 Å². The molecule has 1 heterocycles. The van der Waals surface area contributed by atoms with E-state index in [9.17, 15) is 9.90 Å². The molecular weight excluding hydrogens is 322 g/mol. The molecule has 1 aliphatic rings. The van der Waals surface area contributed by atoms with Crippen LogP contribution in [0.3, 0.4) is 0 Å². The lowest BCUT2D eigenvalue weighted by Gasteiger charge is -2.18. The lowest BCUT2D eigenvalue weighted by atomic mass is 10.1. The van der Waals surface area contributed by atoms with Crippen LogP contribution in [-0.4, -0.2) is 37.4 Å². The number of hydrogen-bond donors (Lipinski definition) is 2. The van der Waals surface area contributed by atoms with E-state index in [2.05, 4.69) is 5.32 Å². The maximum absolute atomic E-state index is 11.8. The molecule has 25 heavy (non-hydrogen) atoms. The zero-order chi connectivity index (χ0) is 17.5. The Hall–Kier alpha value is -2.89. The number of carbonyl (C=O) groups is 1. The summed E-state index contributed by atoms with van der Waals surface area (Å²) in [5, 5.41) is 12.1. The maximum Gasteiger partial charge on any atom is 0.223 e. The molecule has 3 rings (SSSR count). The average Bonchev–Trinajstić information content (AvgIpc) is 2.63. The van der Waals surface area contributed by atoms with Gasteiger partial charge in [-0.3, -0.25) is 4.79 Å². The van der Waals surface area contributed by atoms with Crippen LogP contribution in [0.15, 0.2) is 42.5 Å². The molecule has 2 aromatic carbocycles. The van der Waals surface area contributed by atoms with Crippen molar-refractivity contribution < 1.29 is 24.1 Å². The van der Waals surface area contributed by atoms with Crippen LogP contribution in [0.25, 0.3) is 0 Å². The topological polar surface area (TPSA) is 77.0 Å². The Morgan fingerprint density at radius 3 is 2.64 bits per heavy atom. The van der Waals surface area contributed by atoms with Crippen LogP contribution in [0.2, 0.25) is 0 Å². The van der Waals surface area contributed by atoms with Crippen LogP contribution >= 0.6 is 0 Å². The number of rotatable bonds is 7. The number of ether oxygens (including phenoxy) is 3. The molecule has 0 fully saturated rings. The van der Waals surface area contributed by atoms with Crippen molar-refractivity contribution in [1.82, 2.24) is 5.32 Å². The first kappa shape index (κ1) is 17.0. The lowest BCUT2D eigenvalue weighted by molar-refractivity contribution is -0.121. The van der Waals surface area contributed by atoms with E-state index in [1.54, 1.807) is 24.3 Å². The number of benzene rings is 2. The Balaban J connectivity index is 1.35. The highest BCUT2D eigenvalue weighted by Gasteiger charge is 2.11. The minimum atomic E-state index is -0.0590. The number of amides is 1. The summed E-state index contributed by atoms with van der Waals surface area (Å²) in [6.45, 7) is 1.99. The van der Waals surface area contributed by atoms with Gasteiger partial charge < -0.3 is 24.6 Å². The normalized spacial score (nSPS) is 12.5. The van der Waals surface area contributed by atoms with Crippen LogP contribution in [0, 0.1) is 0 Å². The van der Waals surface area contributed by atoms with Gasteiger partial charge in [-0.1, -0.05) is 6.07 Å². The van der Waals surface area contributed by atoms with Crippen molar-refractivity contribution in [3.63, 3.8) is 0 Å². The number of aromatic hydroxyl groups is 1. The zero-order valence-electron chi connectivity index (χ0n) is 13.9. The van der Waals surface area contributed by atoms with Gasteiger partial charge in [-0.25, -0.2) is 0 Å². The van der Waals surface area contributed by atoms with E-state index >= 15 is 0 Å². The smallest absolute Gasteiger partial charge is 0.223 e. The second kappa shape index (κ2) is 8.28. The molecule has 0 aliphatic carbocycles. The average molecular weight is 343 g/mol. The number of phenolic OH excluding ortho intramolecular Hbond substituents is 1. The monoisotopic (exact) mass is 343 g/mol. The molecule has 1 aliphatic heterocycles. The third-order valence-corrected chi connectivity index (χ3v) is 3.78. The molecule has 132 valence electrons. The Morgan fingerprint density at radius 1 is 1.08 bits per heavy atom. The van der Waals surface area contributed by atoms with Gasteiger partial charge in [0.25, 0.3) is 0 Å². The molecule has 6 heteroatoms. The predicted molar refractivity (Wildman–Crippen MR) is 92.4 cm³/mol. The minimum Gasteiger partial charge on any atom is -0.508 e. The fourth-order valence-electron chi connectivity index (χ4n) is 2.48. The fourth-order valence-corrected chi connectivity index (χ4v) is 2.48. The van der Waals surface area contributed by atoms with Crippen molar-refractivity contribution in [3.05, 3.63) is 48.0 Å². The van der Waals surface area contributed by atoms with E-state index in [-0.39, 0.29) is 18.1 Å². The number of carbonyl (C=O) groups excluding carboxylic acids is 1. The highest BCUT2D eigenvalue weighted by Crippen LogP contribution is 2.30. The summed E-state index contributed by atoms with van der Waals surface area (Å²) in [4.78, 5) is 11.8. The van der Waals surface area contributed by atoms with Crippen LogP contribution in [0.1, 0.15) is 12.0 Å². The lowest BCUT2D eigenvalue weighted by Crippen LogP contribution is -2.27. The number of phenols is 1. The van der Waals surface area contributed by atoms with Crippen LogP contribution in [0.4, 0.5) is 0 Å². The van der Waals surface area contributed by atoms with Gasteiger partial charge >= 0.3 is 0 Å². The van der Waals surface area contributed by atoms with Gasteiger partial charge in [-0.15, -0.1) is 0 Å². The number of fused-ring (bicyclic) bond motifs is 1. The Kier molecular flexibility index (Phi) is 5.61. The highest BCUT2D eigenvalue weighted by molar-refractivity contribution is 5.76. The molecule has 0 saturated carbocycles. The zero-order valence-corrected chi connectivity index (χ0v) is 13.9. The Bertz CT molecular complexity index is 714. The van der Waals surface area contributed by atoms with Gasteiger partial charge in [0.1, 0.15) is 24.7 Å². The van der Waals surface area contributed by atoms with Crippen LogP contribution < -0.4 is 19.5 Å². The van der Waals surface area contributed by atoms with E-state index in [1.807, 2.05) is 18.2 Å². The van der Waals surface area contributed by atoms with Gasteiger partial charge in [-0.05, 0) is 48.4 Å². The van der Waals surface area contributed by atoms with Gasteiger partial charge in [0, 0.05) is 6.54 Å². The summed E-state index contributed by atoms with van der Waals surface area (Å²) in [6.07, 6.45) is 1.00. The van der Waals surface area contributed by atoms with Crippen LogP contribution in [-0.2, 0) is 11.2 Å². The summed E-state index contributed by atoms with van der Waals surface area (Å²) in [5.41, 5.74) is 1.09. The molecule has 0 aromatic heterocycles. The molecule has 0 unspecified atom stereocenters. The van der Waals surface area contributed by atoms with Gasteiger partial charge in [0.15, 0.2) is 11.5 Å². The maximum atomic E-state index is 11.8. The molecule has 1 amide bonds. The summed E-state index contributed by atoms with van der Waals surface area (Å²) in [5.74, 6) is 2.28. The molecule has 0 saturated heterocycles. The quantitative estimate of drug-likeness (QED) is 0.807. The van der Waals surface area contributed by atoms with Gasteiger partial charge in [-0.2, -0.15) is 0 Å². The molecule has 0 atom stereocenters. The highest BCUT2D eigenvalue weighted by atomic mass is 16.6. The molecular formula is C19H21NO5. The van der Waals surface area contributed by atoms with Crippen molar-refractivity contribution in [2.24, 2.45) is 0 Å². The first-order valence-electron chi connectivity index (χ1n) is 8.28. The van der Waals surface area contributed by atoms with Crippen molar-refractivity contribution >= 4 is 5.91 Å². The molecule has 0 spiro atoms. The first-order chi connectivity index (χ1) is 12.2. The standard InChI is InChI=1S/C19H21NO5/c21-15-2-4-16(5-3-15)23-10-8-19(22)20-9-7-14-1-6-17-18(13-14)25-12-11-24-17/h1-6,13,21H,7-12H2,(H,20,22). The summed E-state index contributed by atoms with van der Waals surface area (Å²) in [6, 6.07) is 12.2. The largest absolute Gasteiger partial charge is 0.508 e. The number of hydrogen-bond acceptors (Lipinski definition) is 5. The summed E-state index contributed by atoms with van der Waals surface area (Å²) < 4.78 is 16.5. The van der Waals surface area contributed by atoms with Crippen molar-refractivity contribution in [2.75, 3.05) is 26.4 Å². The molecule has 2 N–H and O–H groups in total. The minimum absolute atomic E-state index is 0.0590. The SMILES string of the molecule is O=C(CCOc1ccc(O)cc1)NCCc1ccc2c(c1)OCCO2. The molecule has 6 nitrogen and oxygen atoms in total. The second-order valence-electron chi connectivity index (χ2n) is 5.67. The predicted octanol–water partition coefficient (Wildman–Crippen LogP) is 2.29. The second-order valence-corrected chi connectivity index (χ2v) is 5.67. The van der Waals surface area contributed by atoms with E-state index in [0.717, 1.165) is 23.5 Å². The third kappa shape index (κ3) is 5.04. The summed E-state index contributed by atoms with van der Waals surface area (Å²) in [7, 11) is 0.